The number of ether oxygens (including phenoxy) is 1. The summed E-state index contributed by atoms with van der Waals surface area (Å²) in [5.74, 6) is 0.627. The number of nitriles is 1. The molecule has 11 nitrogen and oxygen atoms in total. The molecule has 38 heavy (non-hydrogen) atoms. The summed E-state index contributed by atoms with van der Waals surface area (Å²) in [5.41, 5.74) is 5.75. The lowest BCUT2D eigenvalue weighted by molar-refractivity contribution is 0.323. The molecule has 5 aromatic heterocycles. The van der Waals surface area contributed by atoms with Crippen molar-refractivity contribution in [2.24, 2.45) is 7.05 Å². The third kappa shape index (κ3) is 4.62. The Morgan fingerprint density at radius 2 is 1.97 bits per heavy atom. The first-order chi connectivity index (χ1) is 18.4. The highest BCUT2D eigenvalue weighted by Crippen LogP contribution is 2.38. The minimum absolute atomic E-state index is 0.00600. The Hall–Kier alpha value is -4.21. The topological polar surface area (TPSA) is 115 Å². The summed E-state index contributed by atoms with van der Waals surface area (Å²) >= 11 is 1.72. The van der Waals surface area contributed by atoms with Gasteiger partial charge in [-0.15, -0.1) is 5.10 Å². The van der Waals surface area contributed by atoms with Gasteiger partial charge in [0.25, 0.3) is 0 Å². The fourth-order valence-electron chi connectivity index (χ4n) is 4.89. The van der Waals surface area contributed by atoms with E-state index in [2.05, 4.69) is 49.5 Å². The molecule has 1 atom stereocenters. The van der Waals surface area contributed by atoms with Crippen molar-refractivity contribution in [3.8, 4) is 34.2 Å². The first kappa shape index (κ1) is 24.1. The smallest absolute Gasteiger partial charge is 0.212 e. The largest absolute Gasteiger partial charge is 0.481 e. The van der Waals surface area contributed by atoms with Crippen molar-refractivity contribution in [1.29, 1.82) is 5.26 Å². The van der Waals surface area contributed by atoms with E-state index in [1.54, 1.807) is 34.5 Å². The molecule has 0 N–H and O–H groups in total. The average Bonchev–Trinajstić information content (AvgIpc) is 3.71. The van der Waals surface area contributed by atoms with Crippen molar-refractivity contribution in [2.75, 3.05) is 20.2 Å². The first-order valence-corrected chi connectivity index (χ1v) is 12.9. The molecule has 6 heterocycles. The van der Waals surface area contributed by atoms with Crippen LogP contribution in [0.2, 0.25) is 0 Å². The Labute approximate surface area is 223 Å². The molecular formula is C26H26N10OS. The van der Waals surface area contributed by atoms with Gasteiger partial charge in [0.1, 0.15) is 11.6 Å². The molecule has 1 aliphatic heterocycles. The third-order valence-electron chi connectivity index (χ3n) is 6.77. The summed E-state index contributed by atoms with van der Waals surface area (Å²) in [6.07, 6.45) is 12.4. The fraction of sp³-hybridized carbons (Fsp3) is 0.308. The molecule has 1 saturated heterocycles. The molecule has 12 heteroatoms. The van der Waals surface area contributed by atoms with Gasteiger partial charge in [0.15, 0.2) is 5.69 Å². The van der Waals surface area contributed by atoms with Gasteiger partial charge in [0.05, 0.1) is 19.5 Å². The summed E-state index contributed by atoms with van der Waals surface area (Å²) in [6.45, 7) is 5.07. The van der Waals surface area contributed by atoms with Crippen LogP contribution in [0, 0.1) is 11.3 Å². The lowest BCUT2D eigenvalue weighted by Gasteiger charge is -2.23. The van der Waals surface area contributed by atoms with E-state index in [4.69, 9.17) is 4.74 Å². The maximum Gasteiger partial charge on any atom is 0.212 e. The number of aryl methyl sites for hydroxylation is 1. The van der Waals surface area contributed by atoms with E-state index < -0.39 is 0 Å². The number of aromatic nitrogens is 8. The van der Waals surface area contributed by atoms with Gasteiger partial charge in [-0.2, -0.15) is 15.5 Å². The van der Waals surface area contributed by atoms with Crippen LogP contribution in [0.4, 0.5) is 0 Å². The van der Waals surface area contributed by atoms with Crippen LogP contribution >= 0.6 is 11.9 Å². The maximum absolute atomic E-state index is 9.65. The predicted octanol–water partition coefficient (Wildman–Crippen LogP) is 3.43. The highest BCUT2D eigenvalue weighted by Gasteiger charge is 2.35. The number of nitrogens with zero attached hydrogens (tertiary/aromatic N) is 10. The van der Waals surface area contributed by atoms with Crippen molar-refractivity contribution in [1.82, 2.24) is 43.7 Å². The van der Waals surface area contributed by atoms with Crippen molar-refractivity contribution in [2.45, 2.75) is 24.6 Å². The Bertz CT molecular complexity index is 1650. The van der Waals surface area contributed by atoms with Crippen LogP contribution in [0.15, 0.2) is 55.4 Å². The standard InChI is InChI=1S/C26H26N10OS/c1-26(6-7-34(17-26)13-18-4-5-24(37-3)28-10-18)38-36-16-21(12-30-36)22-8-19(20-11-29-33(2)14-20)15-35-25(22)23(9-27)31-32-35/h4-5,8,10-12,14-16H,6-7,13,17H2,1-3H3. The van der Waals surface area contributed by atoms with Crippen LogP contribution in [0.5, 0.6) is 5.88 Å². The highest BCUT2D eigenvalue weighted by atomic mass is 32.2. The molecule has 0 spiro atoms. The number of methoxy groups -OCH3 is 1. The Morgan fingerprint density at radius 3 is 2.71 bits per heavy atom. The normalized spacial score (nSPS) is 17.7. The minimum atomic E-state index is 0.00600. The molecule has 0 aliphatic carbocycles. The molecule has 0 radical (unpaired) electrons. The number of likely N-dealkylation sites (tertiary alicyclic amines) is 1. The van der Waals surface area contributed by atoms with Crippen LogP contribution in [0.3, 0.4) is 0 Å². The summed E-state index contributed by atoms with van der Waals surface area (Å²) in [4.78, 5) is 6.77. The second-order valence-corrected chi connectivity index (χ2v) is 11.3. The minimum Gasteiger partial charge on any atom is -0.481 e. The van der Waals surface area contributed by atoms with E-state index in [0.717, 1.165) is 48.3 Å². The Balaban J connectivity index is 1.24. The molecule has 0 aromatic carbocycles. The fourth-order valence-corrected chi connectivity index (χ4v) is 6.02. The van der Waals surface area contributed by atoms with Crippen LogP contribution in [-0.2, 0) is 13.6 Å². The van der Waals surface area contributed by atoms with Crippen molar-refractivity contribution < 1.29 is 4.74 Å². The Kier molecular flexibility index (Phi) is 6.09. The zero-order valence-corrected chi connectivity index (χ0v) is 22.1. The van der Waals surface area contributed by atoms with Gasteiger partial charge in [-0.3, -0.25) is 9.58 Å². The SMILES string of the molecule is COc1ccc(CN2CCC(C)(Sn3cc(-c4cc(-c5cnn(C)c5)cn5nnc(C#N)c45)cn3)C2)cn1. The first-order valence-electron chi connectivity index (χ1n) is 12.2. The van der Waals surface area contributed by atoms with E-state index in [1.807, 2.05) is 54.3 Å². The predicted molar refractivity (Wildman–Crippen MR) is 143 cm³/mol. The van der Waals surface area contributed by atoms with E-state index >= 15 is 0 Å². The van der Waals surface area contributed by atoms with Gasteiger partial charge in [0.2, 0.25) is 5.88 Å². The molecule has 0 bridgehead atoms. The van der Waals surface area contributed by atoms with Gasteiger partial charge in [-0.1, -0.05) is 11.3 Å². The molecule has 0 amide bonds. The average molecular weight is 527 g/mol. The molecule has 1 unspecified atom stereocenters. The zero-order chi connectivity index (χ0) is 26.3. The molecule has 192 valence electrons. The van der Waals surface area contributed by atoms with E-state index in [-0.39, 0.29) is 10.4 Å². The summed E-state index contributed by atoms with van der Waals surface area (Å²) in [5, 5.41) is 26.9. The zero-order valence-electron chi connectivity index (χ0n) is 21.3. The highest BCUT2D eigenvalue weighted by molar-refractivity contribution is 7.99. The summed E-state index contributed by atoms with van der Waals surface area (Å²) < 4.78 is 10.5. The van der Waals surface area contributed by atoms with Crippen molar-refractivity contribution in [3.05, 3.63) is 66.6 Å². The summed E-state index contributed by atoms with van der Waals surface area (Å²) in [7, 11) is 3.51. The van der Waals surface area contributed by atoms with E-state index in [9.17, 15) is 5.26 Å². The molecule has 6 rings (SSSR count). The molecule has 5 aromatic rings. The third-order valence-corrected chi connectivity index (χ3v) is 7.93. The molecule has 1 fully saturated rings. The van der Waals surface area contributed by atoms with Gasteiger partial charge in [-0.05, 0) is 43.5 Å². The van der Waals surface area contributed by atoms with Crippen molar-refractivity contribution in [3.63, 3.8) is 0 Å². The van der Waals surface area contributed by atoms with Crippen LogP contribution in [-0.4, -0.2) is 68.6 Å². The number of rotatable bonds is 7. The molecule has 1 aliphatic rings. The maximum atomic E-state index is 9.65. The second kappa shape index (κ2) is 9.59. The lowest BCUT2D eigenvalue weighted by Crippen LogP contribution is -2.28. The quantitative estimate of drug-likeness (QED) is 0.314. The molecular weight excluding hydrogens is 500 g/mol. The van der Waals surface area contributed by atoms with Gasteiger partial charge >= 0.3 is 0 Å². The number of hydrogen-bond donors (Lipinski definition) is 0. The van der Waals surface area contributed by atoms with Crippen LogP contribution in [0.25, 0.3) is 27.8 Å². The van der Waals surface area contributed by atoms with Gasteiger partial charge < -0.3 is 4.74 Å². The number of hydrogen-bond acceptors (Lipinski definition) is 9. The van der Waals surface area contributed by atoms with E-state index in [1.165, 1.54) is 5.56 Å². The van der Waals surface area contributed by atoms with E-state index in [0.29, 0.717) is 11.4 Å². The number of fused-ring (bicyclic) bond motifs is 1. The Morgan fingerprint density at radius 1 is 1.11 bits per heavy atom. The monoisotopic (exact) mass is 526 g/mol. The lowest BCUT2D eigenvalue weighted by atomic mass is 10.0. The van der Waals surface area contributed by atoms with Gasteiger partial charge in [-0.25, -0.2) is 13.6 Å². The van der Waals surface area contributed by atoms with Gasteiger partial charge in [0, 0.05) is 78.0 Å². The molecule has 0 saturated carbocycles. The van der Waals surface area contributed by atoms with Crippen molar-refractivity contribution >= 4 is 17.5 Å². The second-order valence-electron chi connectivity index (χ2n) is 9.73. The van der Waals surface area contributed by atoms with Crippen LogP contribution < -0.4 is 4.74 Å². The van der Waals surface area contributed by atoms with Crippen LogP contribution in [0.1, 0.15) is 24.6 Å². The summed E-state index contributed by atoms with van der Waals surface area (Å²) in [6, 6.07) is 8.18. The number of pyridine rings is 2.